The zero-order chi connectivity index (χ0) is 20.8. The van der Waals surface area contributed by atoms with E-state index in [0.29, 0.717) is 30.1 Å². The Bertz CT molecular complexity index is 1020. The number of carbonyl (C=O) groups is 1. The van der Waals surface area contributed by atoms with Crippen LogP contribution in [0.3, 0.4) is 0 Å². The monoisotopic (exact) mass is 430 g/mol. The molecule has 0 aliphatic heterocycles. The predicted molar refractivity (Wildman–Crippen MR) is 114 cm³/mol. The van der Waals surface area contributed by atoms with Crippen LogP contribution < -0.4 is 10.6 Å². The van der Waals surface area contributed by atoms with E-state index >= 15 is 0 Å². The van der Waals surface area contributed by atoms with Crippen LogP contribution in [0.4, 0.5) is 10.9 Å². The van der Waals surface area contributed by atoms with Crippen LogP contribution in [-0.2, 0) is 11.3 Å². The van der Waals surface area contributed by atoms with Crippen LogP contribution in [0.1, 0.15) is 35.9 Å². The average Bonchev–Trinajstić information content (AvgIpc) is 3.41. The Balaban J connectivity index is 1.65. The smallest absolute Gasteiger partial charge is 0.226 e. The quantitative estimate of drug-likeness (QED) is 0.493. The van der Waals surface area contributed by atoms with E-state index in [4.69, 9.17) is 4.42 Å². The molecular formula is C19H22N6O2S2. The van der Waals surface area contributed by atoms with Crippen LogP contribution in [0.15, 0.2) is 27.2 Å². The molecule has 0 unspecified atom stereocenters. The third-order valence-electron chi connectivity index (χ3n) is 4.38. The van der Waals surface area contributed by atoms with Crippen molar-refractivity contribution in [3.8, 4) is 6.07 Å². The maximum absolute atomic E-state index is 12.5. The summed E-state index contributed by atoms with van der Waals surface area (Å²) < 4.78 is 8.16. The Labute approximate surface area is 177 Å². The number of carbonyl (C=O) groups excluding carboxylic acids is 1. The van der Waals surface area contributed by atoms with Gasteiger partial charge in [-0.25, -0.2) is 0 Å². The molecule has 3 aromatic rings. The highest BCUT2D eigenvalue weighted by Crippen LogP contribution is 2.29. The van der Waals surface area contributed by atoms with Crippen LogP contribution in [-0.4, -0.2) is 33.0 Å². The summed E-state index contributed by atoms with van der Waals surface area (Å²) in [4.78, 5) is 12.5. The van der Waals surface area contributed by atoms with Crippen molar-refractivity contribution in [2.75, 3.05) is 22.9 Å². The van der Waals surface area contributed by atoms with E-state index < -0.39 is 0 Å². The van der Waals surface area contributed by atoms with Crippen molar-refractivity contribution in [1.29, 1.82) is 5.26 Å². The summed E-state index contributed by atoms with van der Waals surface area (Å²) in [6.45, 7) is 7.06. The Morgan fingerprint density at radius 2 is 2.24 bits per heavy atom. The first-order valence-corrected chi connectivity index (χ1v) is 11.0. The van der Waals surface area contributed by atoms with Crippen molar-refractivity contribution in [2.24, 2.45) is 0 Å². The second-order valence-corrected chi connectivity index (χ2v) is 8.58. The molecule has 3 aromatic heterocycles. The highest BCUT2D eigenvalue weighted by Gasteiger charge is 2.20. The van der Waals surface area contributed by atoms with E-state index in [1.807, 2.05) is 37.5 Å². The summed E-state index contributed by atoms with van der Waals surface area (Å²) in [5, 5.41) is 24.5. The topological polar surface area (TPSA) is 109 Å². The second-order valence-electron chi connectivity index (χ2n) is 6.26. The van der Waals surface area contributed by atoms with Crippen LogP contribution in [0, 0.1) is 25.2 Å². The molecule has 8 nitrogen and oxygen atoms in total. The Morgan fingerprint density at radius 1 is 1.41 bits per heavy atom. The number of furan rings is 1. The van der Waals surface area contributed by atoms with Crippen LogP contribution >= 0.6 is 23.1 Å². The van der Waals surface area contributed by atoms with E-state index in [1.165, 1.54) is 23.1 Å². The fraction of sp³-hybridized carbons (Fsp3) is 0.368. The summed E-state index contributed by atoms with van der Waals surface area (Å²) in [5.74, 6) is 1.69. The first-order chi connectivity index (χ1) is 14.0. The maximum Gasteiger partial charge on any atom is 0.226 e. The standard InChI is InChI=1S/C19H22N6O2S2/c1-4-21-18-23-24-19(29-18)28-9-7-16(26)22-17-15(10-20)12(2)13(3)25(17)11-14-6-5-8-27-14/h5-6,8H,4,7,9,11H2,1-3H3,(H,21,23)(H,22,26). The molecule has 0 fully saturated rings. The van der Waals surface area contributed by atoms with Crippen molar-refractivity contribution in [2.45, 2.75) is 38.1 Å². The fourth-order valence-electron chi connectivity index (χ4n) is 2.80. The first kappa shape index (κ1) is 21.0. The van der Waals surface area contributed by atoms with Gasteiger partial charge < -0.3 is 19.6 Å². The number of nitrogens with zero attached hydrogens (tertiary/aromatic N) is 4. The highest BCUT2D eigenvalue weighted by atomic mass is 32.2. The van der Waals surface area contributed by atoms with Crippen molar-refractivity contribution < 1.29 is 9.21 Å². The molecule has 2 N–H and O–H groups in total. The zero-order valence-corrected chi connectivity index (χ0v) is 18.1. The summed E-state index contributed by atoms with van der Waals surface area (Å²) >= 11 is 2.96. The van der Waals surface area contributed by atoms with Crippen LogP contribution in [0.5, 0.6) is 0 Å². The molecule has 29 heavy (non-hydrogen) atoms. The Morgan fingerprint density at radius 3 is 2.93 bits per heavy atom. The Kier molecular flexibility index (Phi) is 6.95. The van der Waals surface area contributed by atoms with Crippen molar-refractivity contribution in [1.82, 2.24) is 14.8 Å². The lowest BCUT2D eigenvalue weighted by molar-refractivity contribution is -0.115. The second kappa shape index (κ2) is 9.62. The number of rotatable bonds is 9. The highest BCUT2D eigenvalue weighted by molar-refractivity contribution is 8.01. The molecule has 3 rings (SSSR count). The maximum atomic E-state index is 12.5. The number of anilines is 2. The number of amides is 1. The molecule has 0 bridgehead atoms. The van der Waals surface area contributed by atoms with Gasteiger partial charge in [0.25, 0.3) is 0 Å². The molecule has 0 aliphatic carbocycles. The summed E-state index contributed by atoms with van der Waals surface area (Å²) in [5.41, 5.74) is 2.26. The van der Waals surface area contributed by atoms with Gasteiger partial charge in [-0.1, -0.05) is 23.1 Å². The third kappa shape index (κ3) is 4.99. The number of nitriles is 1. The molecular weight excluding hydrogens is 408 g/mol. The van der Waals surface area contributed by atoms with E-state index in [0.717, 1.165) is 33.0 Å². The molecule has 1 amide bonds. The van der Waals surface area contributed by atoms with Gasteiger partial charge in [0.15, 0.2) is 4.34 Å². The molecule has 0 saturated carbocycles. The average molecular weight is 431 g/mol. The summed E-state index contributed by atoms with van der Waals surface area (Å²) in [7, 11) is 0. The van der Waals surface area contributed by atoms with E-state index in [2.05, 4.69) is 26.9 Å². The molecule has 0 radical (unpaired) electrons. The van der Waals surface area contributed by atoms with Crippen molar-refractivity contribution in [3.05, 3.63) is 41.0 Å². The number of aromatic nitrogens is 3. The molecule has 0 aliphatic rings. The molecule has 0 spiro atoms. The number of hydrogen-bond donors (Lipinski definition) is 2. The Hall–Kier alpha value is -2.77. The van der Waals surface area contributed by atoms with Crippen molar-refractivity contribution >= 4 is 40.0 Å². The van der Waals surface area contributed by atoms with Gasteiger partial charge in [-0.15, -0.1) is 10.2 Å². The minimum Gasteiger partial charge on any atom is -0.467 e. The van der Waals surface area contributed by atoms with E-state index in [-0.39, 0.29) is 5.91 Å². The zero-order valence-electron chi connectivity index (χ0n) is 16.5. The number of thioether (sulfide) groups is 1. The normalized spacial score (nSPS) is 10.7. The van der Waals surface area contributed by atoms with Gasteiger partial charge >= 0.3 is 0 Å². The SMILES string of the molecule is CCNc1nnc(SCCC(=O)Nc2c(C#N)c(C)c(C)n2Cc2ccco2)s1. The molecule has 152 valence electrons. The van der Waals surface area contributed by atoms with Gasteiger partial charge in [-0.2, -0.15) is 5.26 Å². The largest absolute Gasteiger partial charge is 0.467 e. The molecule has 0 aromatic carbocycles. The van der Waals surface area contributed by atoms with E-state index in [1.54, 1.807) is 6.26 Å². The van der Waals surface area contributed by atoms with E-state index in [9.17, 15) is 10.1 Å². The summed E-state index contributed by atoms with van der Waals surface area (Å²) in [6.07, 6.45) is 1.91. The fourth-order valence-corrected chi connectivity index (χ4v) is 4.63. The van der Waals surface area contributed by atoms with Crippen LogP contribution in [0.25, 0.3) is 0 Å². The van der Waals surface area contributed by atoms with Gasteiger partial charge in [-0.3, -0.25) is 4.79 Å². The lowest BCUT2D eigenvalue weighted by Gasteiger charge is -2.11. The number of hydrogen-bond acceptors (Lipinski definition) is 8. The number of nitrogens with one attached hydrogen (secondary N) is 2. The third-order valence-corrected chi connectivity index (χ3v) is 6.40. The molecule has 0 saturated heterocycles. The summed E-state index contributed by atoms with van der Waals surface area (Å²) in [6, 6.07) is 5.90. The van der Waals surface area contributed by atoms with Gasteiger partial charge in [0.1, 0.15) is 17.6 Å². The predicted octanol–water partition coefficient (Wildman–Crippen LogP) is 4.02. The van der Waals surface area contributed by atoms with Crippen molar-refractivity contribution in [3.63, 3.8) is 0 Å². The van der Waals surface area contributed by atoms with Gasteiger partial charge in [0.2, 0.25) is 11.0 Å². The van der Waals surface area contributed by atoms with Crippen LogP contribution in [0.2, 0.25) is 0 Å². The molecule has 3 heterocycles. The van der Waals surface area contributed by atoms with Gasteiger partial charge in [0.05, 0.1) is 18.4 Å². The lowest BCUT2D eigenvalue weighted by atomic mass is 10.2. The molecule has 0 atom stereocenters. The minimum absolute atomic E-state index is 0.149. The first-order valence-electron chi connectivity index (χ1n) is 9.15. The van der Waals surface area contributed by atoms with Gasteiger partial charge in [0, 0.05) is 24.4 Å². The minimum atomic E-state index is -0.149. The van der Waals surface area contributed by atoms with Gasteiger partial charge in [-0.05, 0) is 38.5 Å². The molecule has 10 heteroatoms. The lowest BCUT2D eigenvalue weighted by Crippen LogP contribution is -2.17.